The van der Waals surface area contributed by atoms with Crippen LogP contribution in [0.3, 0.4) is 0 Å². The maximum atomic E-state index is 13.0. The molecule has 0 aliphatic heterocycles. The first-order valence-corrected chi connectivity index (χ1v) is 6.04. The van der Waals surface area contributed by atoms with Crippen molar-refractivity contribution < 1.29 is 13.6 Å². The van der Waals surface area contributed by atoms with E-state index in [0.717, 1.165) is 23.8 Å². The van der Waals surface area contributed by atoms with E-state index in [1.54, 1.807) is 24.3 Å². The molecular weight excluding hydrogens is 272 g/mol. The molecule has 1 amide bonds. The van der Waals surface area contributed by atoms with Crippen LogP contribution in [0, 0.1) is 11.6 Å². The van der Waals surface area contributed by atoms with Crippen molar-refractivity contribution in [3.05, 3.63) is 65.2 Å². The van der Waals surface area contributed by atoms with Gasteiger partial charge in [0.1, 0.15) is 11.6 Å². The molecule has 2 nitrogen and oxygen atoms in total. The normalized spacial score (nSPS) is 10.3. The van der Waals surface area contributed by atoms with Gasteiger partial charge in [0.25, 0.3) is 5.91 Å². The molecule has 98 valence electrons. The summed E-state index contributed by atoms with van der Waals surface area (Å²) >= 11 is 5.64. The number of carbonyl (C=O) groups excluding carboxylic acids is 1. The van der Waals surface area contributed by atoms with Crippen molar-refractivity contribution in [3.8, 4) is 0 Å². The van der Waals surface area contributed by atoms with Gasteiger partial charge in [-0.1, -0.05) is 12.1 Å². The van der Waals surface area contributed by atoms with Gasteiger partial charge in [-0.3, -0.25) is 4.79 Å². The molecule has 2 rings (SSSR count). The Kier molecular flexibility index (Phi) is 4.12. The average Bonchev–Trinajstić information content (AvgIpc) is 2.37. The van der Waals surface area contributed by atoms with Gasteiger partial charge in [-0.25, -0.2) is 8.78 Å². The SMILES string of the molecule is O=C(Nc1cc(F)cc(F)c1)c1ccc(CCl)cc1. The highest BCUT2D eigenvalue weighted by atomic mass is 35.5. The van der Waals surface area contributed by atoms with E-state index < -0.39 is 17.5 Å². The summed E-state index contributed by atoms with van der Waals surface area (Å²) in [6.45, 7) is 0. The lowest BCUT2D eigenvalue weighted by Gasteiger charge is -2.06. The number of carbonyl (C=O) groups is 1. The Morgan fingerprint density at radius 3 is 2.16 bits per heavy atom. The molecule has 0 atom stereocenters. The summed E-state index contributed by atoms with van der Waals surface area (Å²) in [4.78, 5) is 11.8. The molecule has 19 heavy (non-hydrogen) atoms. The molecule has 2 aromatic carbocycles. The van der Waals surface area contributed by atoms with E-state index >= 15 is 0 Å². The van der Waals surface area contributed by atoms with Crippen molar-refractivity contribution in [1.29, 1.82) is 0 Å². The largest absolute Gasteiger partial charge is 0.322 e. The molecule has 0 aliphatic rings. The van der Waals surface area contributed by atoms with Gasteiger partial charge in [0, 0.05) is 23.2 Å². The first-order valence-electron chi connectivity index (χ1n) is 5.51. The molecular formula is C14H10ClF2NO. The van der Waals surface area contributed by atoms with Gasteiger partial charge in [-0.2, -0.15) is 0 Å². The Morgan fingerprint density at radius 1 is 1.05 bits per heavy atom. The van der Waals surface area contributed by atoms with E-state index in [0.29, 0.717) is 11.4 Å². The quantitative estimate of drug-likeness (QED) is 0.848. The monoisotopic (exact) mass is 281 g/mol. The summed E-state index contributed by atoms with van der Waals surface area (Å²) in [6.07, 6.45) is 0. The molecule has 0 fully saturated rings. The molecule has 5 heteroatoms. The second-order valence-electron chi connectivity index (χ2n) is 3.94. The minimum atomic E-state index is -0.743. The van der Waals surface area contributed by atoms with Crippen molar-refractivity contribution in [3.63, 3.8) is 0 Å². The summed E-state index contributed by atoms with van der Waals surface area (Å²) in [6, 6.07) is 9.47. The Hall–Kier alpha value is -1.94. The minimum Gasteiger partial charge on any atom is -0.322 e. The Morgan fingerprint density at radius 2 is 1.63 bits per heavy atom. The highest BCUT2D eigenvalue weighted by Gasteiger charge is 2.07. The number of anilines is 1. The lowest BCUT2D eigenvalue weighted by molar-refractivity contribution is 0.102. The Bertz CT molecular complexity index is 579. The van der Waals surface area contributed by atoms with Crippen LogP contribution < -0.4 is 5.32 Å². The number of benzene rings is 2. The number of hydrogen-bond acceptors (Lipinski definition) is 1. The molecule has 1 N–H and O–H groups in total. The fourth-order valence-corrected chi connectivity index (χ4v) is 1.75. The van der Waals surface area contributed by atoms with Gasteiger partial charge in [0.2, 0.25) is 0 Å². The fourth-order valence-electron chi connectivity index (χ4n) is 1.57. The first kappa shape index (κ1) is 13.5. The third kappa shape index (κ3) is 3.51. The van der Waals surface area contributed by atoms with E-state index in [2.05, 4.69) is 5.32 Å². The molecule has 0 aromatic heterocycles. The summed E-state index contributed by atoms with van der Waals surface area (Å²) in [5.74, 6) is -1.57. The van der Waals surface area contributed by atoms with Gasteiger partial charge in [0.15, 0.2) is 0 Å². The van der Waals surface area contributed by atoms with Crippen LogP contribution in [0.1, 0.15) is 15.9 Å². The smallest absolute Gasteiger partial charge is 0.255 e. The average molecular weight is 282 g/mol. The third-order valence-electron chi connectivity index (χ3n) is 2.49. The third-order valence-corrected chi connectivity index (χ3v) is 2.80. The maximum absolute atomic E-state index is 13.0. The van der Waals surface area contributed by atoms with Crippen molar-refractivity contribution in [2.75, 3.05) is 5.32 Å². The highest BCUT2D eigenvalue weighted by molar-refractivity contribution is 6.17. The zero-order valence-corrected chi connectivity index (χ0v) is 10.5. The van der Waals surface area contributed by atoms with Crippen LogP contribution in [0.2, 0.25) is 0 Å². The van der Waals surface area contributed by atoms with E-state index in [9.17, 15) is 13.6 Å². The van der Waals surface area contributed by atoms with Crippen LogP contribution in [-0.4, -0.2) is 5.91 Å². The van der Waals surface area contributed by atoms with Gasteiger partial charge in [-0.05, 0) is 29.8 Å². The number of alkyl halides is 1. The molecule has 0 aliphatic carbocycles. The number of rotatable bonds is 3. The van der Waals surface area contributed by atoms with Crippen LogP contribution in [0.5, 0.6) is 0 Å². The van der Waals surface area contributed by atoms with E-state index in [1.807, 2.05) is 0 Å². The van der Waals surface area contributed by atoms with E-state index in [-0.39, 0.29) is 5.69 Å². The number of amides is 1. The molecule has 0 heterocycles. The zero-order valence-electron chi connectivity index (χ0n) is 9.79. The van der Waals surface area contributed by atoms with Gasteiger partial charge >= 0.3 is 0 Å². The Balaban J connectivity index is 2.15. The zero-order chi connectivity index (χ0) is 13.8. The lowest BCUT2D eigenvalue weighted by atomic mass is 10.1. The van der Waals surface area contributed by atoms with E-state index in [4.69, 9.17) is 11.6 Å². The minimum absolute atomic E-state index is 0.0731. The van der Waals surface area contributed by atoms with Crippen LogP contribution in [-0.2, 0) is 5.88 Å². The van der Waals surface area contributed by atoms with Gasteiger partial charge in [-0.15, -0.1) is 11.6 Å². The van der Waals surface area contributed by atoms with Crippen molar-refractivity contribution >= 4 is 23.2 Å². The molecule has 0 unspecified atom stereocenters. The molecule has 0 spiro atoms. The van der Waals surface area contributed by atoms with Crippen LogP contribution >= 0.6 is 11.6 Å². The predicted molar refractivity (Wildman–Crippen MR) is 70.3 cm³/mol. The van der Waals surface area contributed by atoms with Crippen LogP contribution in [0.25, 0.3) is 0 Å². The number of hydrogen-bond donors (Lipinski definition) is 1. The summed E-state index contributed by atoms with van der Waals surface area (Å²) < 4.78 is 25.9. The molecule has 0 saturated carbocycles. The number of nitrogens with one attached hydrogen (secondary N) is 1. The van der Waals surface area contributed by atoms with Crippen molar-refractivity contribution in [2.24, 2.45) is 0 Å². The maximum Gasteiger partial charge on any atom is 0.255 e. The topological polar surface area (TPSA) is 29.1 Å². The molecule has 2 aromatic rings. The summed E-state index contributed by atoms with van der Waals surface area (Å²) in [7, 11) is 0. The fraction of sp³-hybridized carbons (Fsp3) is 0.0714. The summed E-state index contributed by atoms with van der Waals surface area (Å²) in [5.41, 5.74) is 1.34. The van der Waals surface area contributed by atoms with Gasteiger partial charge in [0.05, 0.1) is 0 Å². The lowest BCUT2D eigenvalue weighted by Crippen LogP contribution is -2.12. The second kappa shape index (κ2) is 5.80. The predicted octanol–water partition coefficient (Wildman–Crippen LogP) is 3.96. The van der Waals surface area contributed by atoms with Gasteiger partial charge < -0.3 is 5.32 Å². The first-order chi connectivity index (χ1) is 9.08. The van der Waals surface area contributed by atoms with Crippen molar-refractivity contribution in [1.82, 2.24) is 0 Å². The van der Waals surface area contributed by atoms with Crippen molar-refractivity contribution in [2.45, 2.75) is 5.88 Å². The molecule has 0 saturated heterocycles. The second-order valence-corrected chi connectivity index (χ2v) is 4.21. The Labute approximate surface area is 114 Å². The summed E-state index contributed by atoms with van der Waals surface area (Å²) in [5, 5.41) is 2.43. The van der Waals surface area contributed by atoms with Crippen LogP contribution in [0.4, 0.5) is 14.5 Å². The van der Waals surface area contributed by atoms with E-state index in [1.165, 1.54) is 0 Å². The molecule has 0 radical (unpaired) electrons. The number of halogens is 3. The van der Waals surface area contributed by atoms with Crippen LogP contribution in [0.15, 0.2) is 42.5 Å². The standard InChI is InChI=1S/C14H10ClF2NO/c15-8-9-1-3-10(4-2-9)14(19)18-13-6-11(16)5-12(17)7-13/h1-7H,8H2,(H,18,19). The highest BCUT2D eigenvalue weighted by Crippen LogP contribution is 2.14. The molecule has 0 bridgehead atoms.